The third-order valence-electron chi connectivity index (χ3n) is 1.32. The molecule has 1 nitrogen and oxygen atoms in total. The van der Waals surface area contributed by atoms with Gasteiger partial charge in [0.15, 0.2) is 5.78 Å². The minimum atomic E-state index is 0.167. The second-order valence-corrected chi connectivity index (χ2v) is 2.59. The van der Waals surface area contributed by atoms with Crippen LogP contribution in [0.3, 0.4) is 0 Å². The molecule has 2 heteroatoms. The van der Waals surface area contributed by atoms with Crippen molar-refractivity contribution in [3.63, 3.8) is 0 Å². The summed E-state index contributed by atoms with van der Waals surface area (Å²) in [5, 5.41) is 0. The molecule has 0 atom stereocenters. The molecule has 0 aliphatic carbocycles. The van der Waals surface area contributed by atoms with Crippen LogP contribution >= 0.6 is 12.6 Å². The molecular formula is C9H14OS. The molecular weight excluding hydrogens is 156 g/mol. The van der Waals surface area contributed by atoms with Crippen LogP contribution in [0, 0.1) is 0 Å². The van der Waals surface area contributed by atoms with Gasteiger partial charge in [-0.3, -0.25) is 4.79 Å². The Morgan fingerprint density at radius 1 is 1.45 bits per heavy atom. The van der Waals surface area contributed by atoms with Crippen LogP contribution in [-0.4, -0.2) is 11.5 Å². The van der Waals surface area contributed by atoms with Crippen LogP contribution in [0.2, 0.25) is 0 Å². The third-order valence-corrected chi connectivity index (χ3v) is 1.54. The van der Waals surface area contributed by atoms with E-state index in [2.05, 4.69) is 12.6 Å². The third kappa shape index (κ3) is 4.04. The Morgan fingerprint density at radius 3 is 2.45 bits per heavy atom. The van der Waals surface area contributed by atoms with E-state index in [-0.39, 0.29) is 5.78 Å². The zero-order chi connectivity index (χ0) is 8.69. The van der Waals surface area contributed by atoms with Gasteiger partial charge in [0, 0.05) is 12.0 Å². The molecule has 0 fully saturated rings. The highest BCUT2D eigenvalue weighted by Gasteiger charge is 2.02. The smallest absolute Gasteiger partial charge is 0.163 e. The summed E-state index contributed by atoms with van der Waals surface area (Å²) in [6.45, 7) is 3.77. The van der Waals surface area contributed by atoms with Gasteiger partial charge < -0.3 is 0 Å². The van der Waals surface area contributed by atoms with E-state index in [1.54, 1.807) is 0 Å². The van der Waals surface area contributed by atoms with Crippen molar-refractivity contribution in [2.75, 3.05) is 5.75 Å². The van der Waals surface area contributed by atoms with E-state index in [1.165, 1.54) is 0 Å². The fourth-order valence-electron chi connectivity index (χ4n) is 0.776. The van der Waals surface area contributed by atoms with Crippen molar-refractivity contribution >= 4 is 18.4 Å². The number of thiol groups is 1. The molecule has 0 bridgehead atoms. The number of hydrogen-bond acceptors (Lipinski definition) is 2. The molecule has 0 spiro atoms. The van der Waals surface area contributed by atoms with Gasteiger partial charge in [0.05, 0.1) is 0 Å². The minimum absolute atomic E-state index is 0.167. The first-order chi connectivity index (χ1) is 5.26. The second-order valence-electron chi connectivity index (χ2n) is 2.14. The second kappa shape index (κ2) is 6.23. The summed E-state index contributed by atoms with van der Waals surface area (Å²) in [5.41, 5.74) is 0.779. The summed E-state index contributed by atoms with van der Waals surface area (Å²) in [5.74, 6) is 0.786. The number of allylic oxidation sites excluding steroid dienone is 4. The van der Waals surface area contributed by atoms with Crippen LogP contribution in [0.5, 0.6) is 0 Å². The lowest BCUT2D eigenvalue weighted by atomic mass is 10.1. The lowest BCUT2D eigenvalue weighted by Gasteiger charge is -1.96. The van der Waals surface area contributed by atoms with Gasteiger partial charge in [0.2, 0.25) is 0 Å². The summed E-state index contributed by atoms with van der Waals surface area (Å²) in [7, 11) is 0. The Bertz CT molecular complexity index is 180. The molecule has 11 heavy (non-hydrogen) atoms. The molecule has 0 aliphatic heterocycles. The Hall–Kier alpha value is -0.500. The van der Waals surface area contributed by atoms with Gasteiger partial charge in [-0.25, -0.2) is 0 Å². The summed E-state index contributed by atoms with van der Waals surface area (Å²) in [4.78, 5) is 11.2. The number of rotatable bonds is 4. The standard InChI is InChI=1S/C9H14OS/c1-3-5-8(4-2)9(10)6-7-11/h3-5,11H,6-7H2,1-2H3/b5-3-,8-4+. The molecule has 0 saturated carbocycles. The molecule has 0 amide bonds. The highest BCUT2D eigenvalue weighted by Crippen LogP contribution is 2.02. The summed E-state index contributed by atoms with van der Waals surface area (Å²) in [6.07, 6.45) is 6.04. The maximum absolute atomic E-state index is 11.2. The monoisotopic (exact) mass is 170 g/mol. The van der Waals surface area contributed by atoms with Gasteiger partial charge in [-0.15, -0.1) is 0 Å². The molecule has 0 unspecified atom stereocenters. The summed E-state index contributed by atoms with van der Waals surface area (Å²) in [6, 6.07) is 0. The van der Waals surface area contributed by atoms with Crippen molar-refractivity contribution in [2.24, 2.45) is 0 Å². The average molecular weight is 170 g/mol. The molecule has 62 valence electrons. The van der Waals surface area contributed by atoms with E-state index in [0.717, 1.165) is 5.57 Å². The SMILES string of the molecule is C/C=C\C(=C/C)C(=O)CCS. The summed E-state index contributed by atoms with van der Waals surface area (Å²) >= 11 is 3.99. The van der Waals surface area contributed by atoms with Crippen LogP contribution in [0.25, 0.3) is 0 Å². The van der Waals surface area contributed by atoms with Crippen LogP contribution in [0.4, 0.5) is 0 Å². The van der Waals surface area contributed by atoms with Crippen molar-refractivity contribution in [1.29, 1.82) is 0 Å². The van der Waals surface area contributed by atoms with Crippen LogP contribution in [0.1, 0.15) is 20.3 Å². The largest absolute Gasteiger partial charge is 0.294 e. The van der Waals surface area contributed by atoms with E-state index in [0.29, 0.717) is 12.2 Å². The molecule has 0 radical (unpaired) electrons. The highest BCUT2D eigenvalue weighted by atomic mass is 32.1. The molecule has 0 rings (SSSR count). The van der Waals surface area contributed by atoms with Crippen molar-refractivity contribution in [3.05, 3.63) is 23.8 Å². The topological polar surface area (TPSA) is 17.1 Å². The van der Waals surface area contributed by atoms with Gasteiger partial charge in [-0.05, 0) is 19.6 Å². The normalized spacial score (nSPS) is 12.5. The summed E-state index contributed by atoms with van der Waals surface area (Å²) < 4.78 is 0. The fourth-order valence-corrected chi connectivity index (χ4v) is 0.979. The Morgan fingerprint density at radius 2 is 2.09 bits per heavy atom. The number of carbonyl (C=O) groups is 1. The number of Topliss-reactive ketones (excluding diaryl/α,β-unsaturated/α-hetero) is 1. The number of ketones is 1. The predicted molar refractivity (Wildman–Crippen MR) is 52.0 cm³/mol. The van der Waals surface area contributed by atoms with E-state index >= 15 is 0 Å². The van der Waals surface area contributed by atoms with Crippen molar-refractivity contribution in [3.8, 4) is 0 Å². The molecule has 0 N–H and O–H groups in total. The molecule has 0 aromatic carbocycles. The van der Waals surface area contributed by atoms with Gasteiger partial charge in [-0.2, -0.15) is 12.6 Å². The van der Waals surface area contributed by atoms with Crippen LogP contribution in [0.15, 0.2) is 23.8 Å². The fraction of sp³-hybridized carbons (Fsp3) is 0.444. The van der Waals surface area contributed by atoms with Gasteiger partial charge >= 0.3 is 0 Å². The van der Waals surface area contributed by atoms with Crippen molar-refractivity contribution in [1.82, 2.24) is 0 Å². The molecule has 0 saturated heterocycles. The lowest BCUT2D eigenvalue weighted by molar-refractivity contribution is -0.114. The van der Waals surface area contributed by atoms with Gasteiger partial charge in [0.1, 0.15) is 0 Å². The first-order valence-electron chi connectivity index (χ1n) is 3.69. The maximum atomic E-state index is 11.2. The van der Waals surface area contributed by atoms with Crippen molar-refractivity contribution in [2.45, 2.75) is 20.3 Å². The first kappa shape index (κ1) is 10.5. The van der Waals surface area contributed by atoms with Gasteiger partial charge in [0.25, 0.3) is 0 Å². The minimum Gasteiger partial charge on any atom is -0.294 e. The molecule has 0 aromatic rings. The van der Waals surface area contributed by atoms with Gasteiger partial charge in [-0.1, -0.05) is 18.2 Å². The maximum Gasteiger partial charge on any atom is 0.163 e. The Balaban J connectivity index is 4.16. The van der Waals surface area contributed by atoms with E-state index < -0.39 is 0 Å². The number of carbonyl (C=O) groups excluding carboxylic acids is 1. The average Bonchev–Trinajstić information content (AvgIpc) is 2.00. The zero-order valence-electron chi connectivity index (χ0n) is 7.00. The molecule has 0 heterocycles. The van der Waals surface area contributed by atoms with E-state index in [1.807, 2.05) is 32.1 Å². The molecule has 0 aromatic heterocycles. The van der Waals surface area contributed by atoms with Crippen LogP contribution < -0.4 is 0 Å². The predicted octanol–water partition coefficient (Wildman–Crippen LogP) is 2.40. The number of hydrogen-bond donors (Lipinski definition) is 1. The highest BCUT2D eigenvalue weighted by molar-refractivity contribution is 7.80. The van der Waals surface area contributed by atoms with E-state index in [9.17, 15) is 4.79 Å². The quantitative estimate of drug-likeness (QED) is 0.389. The zero-order valence-corrected chi connectivity index (χ0v) is 7.90. The Kier molecular flexibility index (Phi) is 5.94. The molecule has 0 aliphatic rings. The van der Waals surface area contributed by atoms with Crippen molar-refractivity contribution < 1.29 is 4.79 Å². The Labute approximate surface area is 73.6 Å². The lowest BCUT2D eigenvalue weighted by Crippen LogP contribution is -2.00. The van der Waals surface area contributed by atoms with Crippen LogP contribution in [-0.2, 0) is 4.79 Å². The first-order valence-corrected chi connectivity index (χ1v) is 4.32. The van der Waals surface area contributed by atoms with E-state index in [4.69, 9.17) is 0 Å².